The first kappa shape index (κ1) is 21.1. The maximum absolute atomic E-state index is 14.0. The zero-order valence-electron chi connectivity index (χ0n) is 16.0. The molecule has 0 aromatic heterocycles. The van der Waals surface area contributed by atoms with Crippen molar-refractivity contribution in [3.05, 3.63) is 82.1 Å². The maximum atomic E-state index is 14.0. The number of ether oxygens (including phenoxy) is 2. The number of amides is 1. The number of hydrogen-bond acceptors (Lipinski definition) is 4. The van der Waals surface area contributed by atoms with Crippen molar-refractivity contribution in [2.24, 2.45) is 0 Å². The highest BCUT2D eigenvalue weighted by atomic mass is 35.5. The normalized spacial score (nSPS) is 10.4. The molecule has 0 spiro atoms. The molecule has 0 heterocycles. The Morgan fingerprint density at radius 3 is 2.33 bits per heavy atom. The van der Waals surface area contributed by atoms with Crippen LogP contribution < -0.4 is 14.8 Å². The predicted octanol–water partition coefficient (Wildman–Crippen LogP) is 5.54. The Kier molecular flexibility index (Phi) is 6.23. The lowest BCUT2D eigenvalue weighted by atomic mass is 10.1. The molecule has 3 aromatic rings. The van der Waals surface area contributed by atoms with Gasteiger partial charge in [0, 0.05) is 22.8 Å². The molecule has 0 bridgehead atoms. The molecule has 30 heavy (non-hydrogen) atoms. The van der Waals surface area contributed by atoms with Crippen molar-refractivity contribution in [2.45, 2.75) is 6.92 Å². The number of benzene rings is 3. The van der Waals surface area contributed by atoms with Crippen LogP contribution in [0.2, 0.25) is 5.02 Å². The molecule has 0 atom stereocenters. The van der Waals surface area contributed by atoms with E-state index >= 15 is 0 Å². The molecule has 0 saturated carbocycles. The molecule has 0 fully saturated rings. The topological polar surface area (TPSA) is 84.9 Å². The van der Waals surface area contributed by atoms with Gasteiger partial charge < -0.3 is 19.9 Å². The van der Waals surface area contributed by atoms with Gasteiger partial charge in [0.15, 0.2) is 11.6 Å². The van der Waals surface area contributed by atoms with Gasteiger partial charge in [-0.25, -0.2) is 9.18 Å². The summed E-state index contributed by atoms with van der Waals surface area (Å²) >= 11 is 6.18. The monoisotopic (exact) mass is 429 g/mol. The molecule has 0 saturated heterocycles. The van der Waals surface area contributed by atoms with Crippen molar-refractivity contribution in [1.29, 1.82) is 0 Å². The average molecular weight is 430 g/mol. The van der Waals surface area contributed by atoms with E-state index in [1.807, 2.05) is 0 Å². The minimum atomic E-state index is -1.07. The van der Waals surface area contributed by atoms with E-state index in [9.17, 15) is 14.0 Å². The van der Waals surface area contributed by atoms with E-state index in [2.05, 4.69) is 5.32 Å². The van der Waals surface area contributed by atoms with Crippen LogP contribution >= 0.6 is 11.6 Å². The van der Waals surface area contributed by atoms with Gasteiger partial charge in [-0.3, -0.25) is 4.79 Å². The summed E-state index contributed by atoms with van der Waals surface area (Å²) in [6.07, 6.45) is 0. The SMILES string of the molecule is COc1ccc(Oc2cc(Cl)c(C)cc2C(=O)Nc2ccc(C(=O)O)cc2)cc1F. The van der Waals surface area contributed by atoms with Crippen LogP contribution in [0.15, 0.2) is 54.6 Å². The first-order chi connectivity index (χ1) is 14.3. The van der Waals surface area contributed by atoms with Crippen molar-refractivity contribution < 1.29 is 28.6 Å². The molecular weight excluding hydrogens is 413 g/mol. The van der Waals surface area contributed by atoms with E-state index < -0.39 is 17.7 Å². The number of carbonyl (C=O) groups is 2. The van der Waals surface area contributed by atoms with Crippen LogP contribution in [0.1, 0.15) is 26.3 Å². The molecule has 8 heteroatoms. The number of carbonyl (C=O) groups excluding carboxylic acids is 1. The average Bonchev–Trinajstić information content (AvgIpc) is 2.71. The van der Waals surface area contributed by atoms with Gasteiger partial charge in [-0.05, 0) is 55.0 Å². The largest absolute Gasteiger partial charge is 0.494 e. The van der Waals surface area contributed by atoms with Crippen molar-refractivity contribution in [2.75, 3.05) is 12.4 Å². The second-order valence-electron chi connectivity index (χ2n) is 6.33. The number of methoxy groups -OCH3 is 1. The Labute approximate surface area is 176 Å². The molecule has 6 nitrogen and oxygen atoms in total. The first-order valence-electron chi connectivity index (χ1n) is 8.74. The van der Waals surface area contributed by atoms with Gasteiger partial charge in [-0.2, -0.15) is 0 Å². The summed E-state index contributed by atoms with van der Waals surface area (Å²) in [5.41, 5.74) is 1.33. The lowest BCUT2D eigenvalue weighted by Crippen LogP contribution is -2.13. The summed E-state index contributed by atoms with van der Waals surface area (Å²) < 4.78 is 24.6. The molecule has 3 aromatic carbocycles. The van der Waals surface area contributed by atoms with Crippen LogP contribution in [0, 0.1) is 12.7 Å². The number of hydrogen-bond donors (Lipinski definition) is 2. The molecule has 0 aliphatic rings. The standard InChI is InChI=1S/C22H17ClFNO5/c1-12-9-16(21(26)25-14-5-3-13(4-6-14)22(27)28)20(11-17(12)23)30-15-7-8-19(29-2)18(24)10-15/h3-11H,1-2H3,(H,25,26)(H,27,28). The highest BCUT2D eigenvalue weighted by molar-refractivity contribution is 6.31. The number of carboxylic acid groups (broad SMARTS) is 1. The zero-order valence-corrected chi connectivity index (χ0v) is 16.8. The molecule has 0 aliphatic heterocycles. The van der Waals surface area contributed by atoms with Gasteiger partial charge in [-0.15, -0.1) is 0 Å². The van der Waals surface area contributed by atoms with Crippen LogP contribution in [-0.2, 0) is 0 Å². The number of rotatable bonds is 6. The predicted molar refractivity (Wildman–Crippen MR) is 111 cm³/mol. The molecule has 0 radical (unpaired) electrons. The lowest BCUT2D eigenvalue weighted by Gasteiger charge is -2.14. The van der Waals surface area contributed by atoms with Crippen molar-refractivity contribution >= 4 is 29.2 Å². The minimum Gasteiger partial charge on any atom is -0.494 e. The maximum Gasteiger partial charge on any atom is 0.335 e. The summed E-state index contributed by atoms with van der Waals surface area (Å²) in [5, 5.41) is 12.0. The van der Waals surface area contributed by atoms with E-state index in [-0.39, 0.29) is 28.4 Å². The fourth-order valence-electron chi connectivity index (χ4n) is 2.66. The first-order valence-corrected chi connectivity index (χ1v) is 9.12. The fourth-order valence-corrected chi connectivity index (χ4v) is 2.81. The third-order valence-corrected chi connectivity index (χ3v) is 4.65. The molecule has 3 rings (SSSR count). The van der Waals surface area contributed by atoms with Gasteiger partial charge >= 0.3 is 5.97 Å². The quantitative estimate of drug-likeness (QED) is 0.537. The number of nitrogens with one attached hydrogen (secondary N) is 1. The van der Waals surface area contributed by atoms with Crippen LogP contribution in [0.25, 0.3) is 0 Å². The van der Waals surface area contributed by atoms with E-state index in [1.165, 1.54) is 49.6 Å². The molecule has 0 aliphatic carbocycles. The second kappa shape index (κ2) is 8.84. The highest BCUT2D eigenvalue weighted by Crippen LogP contribution is 2.33. The Balaban J connectivity index is 1.90. The van der Waals surface area contributed by atoms with Crippen molar-refractivity contribution in [3.63, 3.8) is 0 Å². The number of anilines is 1. The third kappa shape index (κ3) is 4.69. The van der Waals surface area contributed by atoms with Gasteiger partial charge in [0.1, 0.15) is 11.5 Å². The number of aryl methyl sites for hydroxylation is 1. The number of halogens is 2. The van der Waals surface area contributed by atoms with Crippen LogP contribution in [0.3, 0.4) is 0 Å². The lowest BCUT2D eigenvalue weighted by molar-refractivity contribution is 0.0696. The third-order valence-electron chi connectivity index (χ3n) is 4.25. The smallest absolute Gasteiger partial charge is 0.335 e. The van der Waals surface area contributed by atoms with Crippen LogP contribution in [0.4, 0.5) is 10.1 Å². The van der Waals surface area contributed by atoms with Crippen molar-refractivity contribution in [1.82, 2.24) is 0 Å². The van der Waals surface area contributed by atoms with Crippen molar-refractivity contribution in [3.8, 4) is 17.2 Å². The second-order valence-corrected chi connectivity index (χ2v) is 6.74. The van der Waals surface area contributed by atoms with Gasteiger partial charge in [0.25, 0.3) is 5.91 Å². The molecule has 1 amide bonds. The Morgan fingerprint density at radius 1 is 1.03 bits per heavy atom. The summed E-state index contributed by atoms with van der Waals surface area (Å²) in [5.74, 6) is -1.82. The highest BCUT2D eigenvalue weighted by Gasteiger charge is 2.17. The summed E-state index contributed by atoms with van der Waals surface area (Å²) in [6.45, 7) is 1.73. The van der Waals surface area contributed by atoms with Crippen LogP contribution in [0.5, 0.6) is 17.2 Å². The molecule has 154 valence electrons. The van der Waals surface area contributed by atoms with Crippen LogP contribution in [-0.4, -0.2) is 24.1 Å². The van der Waals surface area contributed by atoms with E-state index in [0.29, 0.717) is 16.3 Å². The summed E-state index contributed by atoms with van der Waals surface area (Å²) in [7, 11) is 1.35. The summed E-state index contributed by atoms with van der Waals surface area (Å²) in [4.78, 5) is 23.8. The number of aromatic carboxylic acids is 1. The van der Waals surface area contributed by atoms with Gasteiger partial charge in [0.05, 0.1) is 18.2 Å². The van der Waals surface area contributed by atoms with E-state index in [4.69, 9.17) is 26.2 Å². The molecule has 0 unspecified atom stereocenters. The van der Waals surface area contributed by atoms with Gasteiger partial charge in [0.2, 0.25) is 0 Å². The zero-order chi connectivity index (χ0) is 21.8. The fraction of sp³-hybridized carbons (Fsp3) is 0.0909. The minimum absolute atomic E-state index is 0.0621. The van der Waals surface area contributed by atoms with E-state index in [1.54, 1.807) is 13.0 Å². The Bertz CT molecular complexity index is 1120. The van der Waals surface area contributed by atoms with E-state index in [0.717, 1.165) is 6.07 Å². The molecular formula is C22H17ClFNO5. The van der Waals surface area contributed by atoms with Gasteiger partial charge in [-0.1, -0.05) is 11.6 Å². The Morgan fingerprint density at radius 2 is 1.73 bits per heavy atom. The molecule has 2 N–H and O–H groups in total. The summed E-state index contributed by atoms with van der Waals surface area (Å²) in [6, 6.07) is 12.8. The number of carboxylic acids is 1. The Hall–Kier alpha value is -3.58.